The Labute approximate surface area is 149 Å². The summed E-state index contributed by atoms with van der Waals surface area (Å²) >= 11 is 0. The Kier molecular flexibility index (Phi) is 5.02. The van der Waals surface area contributed by atoms with Crippen LogP contribution < -0.4 is 9.13 Å². The van der Waals surface area contributed by atoms with Gasteiger partial charge in [0.2, 0.25) is 5.69 Å². The highest BCUT2D eigenvalue weighted by Gasteiger charge is 2.26. The van der Waals surface area contributed by atoms with Crippen molar-refractivity contribution in [1.82, 2.24) is 0 Å². The summed E-state index contributed by atoms with van der Waals surface area (Å²) in [4.78, 5) is 12.0. The van der Waals surface area contributed by atoms with Gasteiger partial charge >= 0.3 is 12.6 Å². The fourth-order valence-corrected chi connectivity index (χ4v) is 2.91. The number of hydrogen-bond acceptors (Lipinski definition) is 2. The van der Waals surface area contributed by atoms with E-state index in [1.165, 1.54) is 13.2 Å². The van der Waals surface area contributed by atoms with Gasteiger partial charge in [-0.05, 0) is 30.7 Å². The number of aromatic nitrogens is 2. The summed E-state index contributed by atoms with van der Waals surface area (Å²) in [5, 5.41) is 0. The van der Waals surface area contributed by atoms with Gasteiger partial charge in [-0.3, -0.25) is 0 Å². The van der Waals surface area contributed by atoms with Crippen LogP contribution in [0, 0.1) is 18.6 Å². The molecule has 6 heteroatoms. The Hall–Kier alpha value is -3.15. The van der Waals surface area contributed by atoms with Gasteiger partial charge in [-0.1, -0.05) is 0 Å². The van der Waals surface area contributed by atoms with E-state index >= 15 is 0 Å². The van der Waals surface area contributed by atoms with Crippen molar-refractivity contribution in [3.63, 3.8) is 0 Å². The summed E-state index contributed by atoms with van der Waals surface area (Å²) in [5.74, 6) is -1.71. The zero-order valence-electron chi connectivity index (χ0n) is 14.4. The highest BCUT2D eigenvalue weighted by molar-refractivity contribution is 5.85. The fraction of sp³-hybridized carbons (Fsp3) is 0.150. The normalized spacial score (nSPS) is 10.6. The Morgan fingerprint density at radius 2 is 1.73 bits per heavy atom. The van der Waals surface area contributed by atoms with Crippen LogP contribution in [0.5, 0.6) is 0 Å². The van der Waals surface area contributed by atoms with Crippen LogP contribution in [-0.4, -0.2) is 13.1 Å². The smallest absolute Gasteiger partial charge is 0.403 e. The van der Waals surface area contributed by atoms with E-state index < -0.39 is 17.6 Å². The molecule has 0 bridgehead atoms. The first-order valence-electron chi connectivity index (χ1n) is 8.02. The standard InChI is InChI=1S/C20H18F2N2O2/c1-14-11-15(21)12-16(22)19(14)17-7-3-5-9-23(17)13-24-10-6-4-8-18(24)20(25)26-2/h3-12H,13H2,1-2H3/q+2. The van der Waals surface area contributed by atoms with Gasteiger partial charge in [-0.25, -0.2) is 13.6 Å². The molecule has 0 aliphatic heterocycles. The summed E-state index contributed by atoms with van der Waals surface area (Å²) in [6, 6.07) is 12.7. The zero-order valence-corrected chi connectivity index (χ0v) is 14.4. The molecular formula is C20H18F2N2O2+2. The van der Waals surface area contributed by atoms with Crippen LogP contribution in [0.2, 0.25) is 0 Å². The lowest BCUT2D eigenvalue weighted by atomic mass is 10.0. The molecule has 132 valence electrons. The number of hydrogen-bond donors (Lipinski definition) is 0. The lowest BCUT2D eigenvalue weighted by molar-refractivity contribution is -0.909. The number of halogens is 2. The van der Waals surface area contributed by atoms with Crippen molar-refractivity contribution < 1.29 is 27.4 Å². The maximum Gasteiger partial charge on any atom is 0.403 e. The van der Waals surface area contributed by atoms with Crippen LogP contribution in [0.25, 0.3) is 11.3 Å². The molecule has 3 rings (SSSR count). The lowest BCUT2D eigenvalue weighted by Crippen LogP contribution is -2.55. The second kappa shape index (κ2) is 7.39. The number of nitrogens with zero attached hydrogens (tertiary/aromatic N) is 2. The fourth-order valence-electron chi connectivity index (χ4n) is 2.91. The average molecular weight is 356 g/mol. The topological polar surface area (TPSA) is 34.1 Å². The molecule has 0 atom stereocenters. The number of ether oxygens (including phenoxy) is 1. The molecular weight excluding hydrogens is 338 g/mol. The van der Waals surface area contributed by atoms with Crippen LogP contribution in [-0.2, 0) is 11.4 Å². The quantitative estimate of drug-likeness (QED) is 0.532. The highest BCUT2D eigenvalue weighted by atomic mass is 19.1. The van der Waals surface area contributed by atoms with Gasteiger partial charge in [0.05, 0.1) is 12.7 Å². The van der Waals surface area contributed by atoms with E-state index in [4.69, 9.17) is 4.74 Å². The second-order valence-electron chi connectivity index (χ2n) is 5.82. The minimum Gasteiger partial charge on any atom is -0.461 e. The van der Waals surface area contributed by atoms with Gasteiger partial charge in [0.25, 0.3) is 5.69 Å². The molecule has 0 unspecified atom stereocenters. The van der Waals surface area contributed by atoms with Gasteiger partial charge < -0.3 is 4.74 Å². The van der Waals surface area contributed by atoms with E-state index in [2.05, 4.69) is 0 Å². The number of rotatable bonds is 4. The third-order valence-electron chi connectivity index (χ3n) is 4.09. The van der Waals surface area contributed by atoms with E-state index in [0.717, 1.165) is 6.07 Å². The molecule has 0 spiro atoms. The Morgan fingerprint density at radius 3 is 2.42 bits per heavy atom. The molecule has 0 fully saturated rings. The maximum atomic E-state index is 14.4. The van der Waals surface area contributed by atoms with Crippen LogP contribution in [0.4, 0.5) is 8.78 Å². The van der Waals surface area contributed by atoms with E-state index in [1.54, 1.807) is 58.8 Å². The van der Waals surface area contributed by atoms with Gasteiger partial charge in [-0.15, -0.1) is 9.13 Å². The summed E-state index contributed by atoms with van der Waals surface area (Å²) in [6.07, 6.45) is 3.52. The van der Waals surface area contributed by atoms with Gasteiger partial charge in [0.1, 0.15) is 11.6 Å². The largest absolute Gasteiger partial charge is 0.461 e. The van der Waals surface area contributed by atoms with Crippen molar-refractivity contribution in [2.75, 3.05) is 7.11 Å². The molecule has 0 aliphatic carbocycles. The molecule has 4 nitrogen and oxygen atoms in total. The molecule has 2 heterocycles. The third kappa shape index (κ3) is 3.44. The summed E-state index contributed by atoms with van der Waals surface area (Å²) in [7, 11) is 1.32. The molecule has 0 radical (unpaired) electrons. The summed E-state index contributed by atoms with van der Waals surface area (Å²) < 4.78 is 36.2. The van der Waals surface area contributed by atoms with Crippen molar-refractivity contribution in [2.45, 2.75) is 13.6 Å². The minimum absolute atomic E-state index is 0.262. The molecule has 3 aromatic rings. The number of aryl methyl sites for hydroxylation is 1. The van der Waals surface area contributed by atoms with Crippen molar-refractivity contribution in [3.8, 4) is 11.3 Å². The molecule has 0 aliphatic rings. The van der Waals surface area contributed by atoms with Crippen LogP contribution >= 0.6 is 0 Å². The number of methoxy groups -OCH3 is 1. The Balaban J connectivity index is 2.10. The molecule has 0 saturated carbocycles. The molecule has 0 saturated heterocycles. The van der Waals surface area contributed by atoms with E-state index in [1.807, 2.05) is 6.07 Å². The first-order valence-corrected chi connectivity index (χ1v) is 8.02. The number of pyridine rings is 2. The monoisotopic (exact) mass is 356 g/mol. The van der Waals surface area contributed by atoms with Crippen molar-refractivity contribution >= 4 is 5.97 Å². The van der Waals surface area contributed by atoms with E-state index in [9.17, 15) is 13.6 Å². The first-order chi connectivity index (χ1) is 12.5. The summed E-state index contributed by atoms with van der Waals surface area (Å²) in [6.45, 7) is 1.92. The van der Waals surface area contributed by atoms with Crippen LogP contribution in [0.1, 0.15) is 16.1 Å². The minimum atomic E-state index is -0.631. The SMILES string of the molecule is COC(=O)c1cccc[n+]1C[n+]1ccccc1-c1c(C)cc(F)cc1F. The van der Waals surface area contributed by atoms with Crippen molar-refractivity contribution in [1.29, 1.82) is 0 Å². The summed E-state index contributed by atoms with van der Waals surface area (Å²) in [5.41, 5.74) is 1.76. The third-order valence-corrected chi connectivity index (χ3v) is 4.09. The predicted octanol–water partition coefficient (Wildman–Crippen LogP) is 2.81. The molecule has 2 aromatic heterocycles. The molecule has 0 amide bonds. The number of esters is 1. The molecule has 0 N–H and O–H groups in total. The van der Waals surface area contributed by atoms with Gasteiger partial charge in [0, 0.05) is 30.3 Å². The van der Waals surface area contributed by atoms with Gasteiger partial charge in [0.15, 0.2) is 12.4 Å². The van der Waals surface area contributed by atoms with Gasteiger partial charge in [-0.2, -0.15) is 0 Å². The van der Waals surface area contributed by atoms with Crippen molar-refractivity contribution in [2.24, 2.45) is 0 Å². The number of carbonyl (C=O) groups excluding carboxylic acids is 1. The second-order valence-corrected chi connectivity index (χ2v) is 5.82. The Bertz CT molecular complexity index is 951. The molecule has 26 heavy (non-hydrogen) atoms. The molecule has 1 aromatic carbocycles. The van der Waals surface area contributed by atoms with E-state index in [-0.39, 0.29) is 6.67 Å². The first kappa shape index (κ1) is 17.7. The Morgan fingerprint density at radius 1 is 1.04 bits per heavy atom. The zero-order chi connectivity index (χ0) is 18.7. The number of benzene rings is 1. The average Bonchev–Trinajstić information content (AvgIpc) is 2.62. The van der Waals surface area contributed by atoms with Crippen LogP contribution in [0.3, 0.4) is 0 Å². The maximum absolute atomic E-state index is 14.4. The van der Waals surface area contributed by atoms with E-state index in [0.29, 0.717) is 22.5 Å². The lowest BCUT2D eigenvalue weighted by Gasteiger charge is -2.07. The van der Waals surface area contributed by atoms with Crippen LogP contribution in [0.15, 0.2) is 60.9 Å². The number of carbonyl (C=O) groups is 1. The highest BCUT2D eigenvalue weighted by Crippen LogP contribution is 2.24. The van der Waals surface area contributed by atoms with Crippen molar-refractivity contribution in [3.05, 3.63) is 83.8 Å². The predicted molar refractivity (Wildman–Crippen MR) is 90.1 cm³/mol.